The molecule has 12 heteroatoms. The molecule has 4 atom stereocenters. The Morgan fingerprint density at radius 2 is 1.12 bits per heavy atom. The normalized spacial score (nSPS) is 25.1. The second-order valence-electron chi connectivity index (χ2n) is 9.94. The maximum absolute atomic E-state index is 11.8. The highest BCUT2D eigenvalue weighted by atomic mass is 16.6. The van der Waals surface area contributed by atoms with E-state index in [-0.39, 0.29) is 25.9 Å². The third kappa shape index (κ3) is 9.04. The fourth-order valence-corrected chi connectivity index (χ4v) is 3.27. The number of carbonyl (C=O) groups excluding carboxylic acids is 3. The van der Waals surface area contributed by atoms with Gasteiger partial charge in [0.2, 0.25) is 0 Å². The molecule has 0 aromatic heterocycles. The number of methoxy groups -OCH3 is 1. The van der Waals surface area contributed by atoms with Crippen molar-refractivity contribution in [1.82, 2.24) is 9.80 Å². The molecule has 2 saturated heterocycles. The average Bonchev–Trinajstić information content (AvgIpc) is 3.22. The van der Waals surface area contributed by atoms with Crippen LogP contribution in [0, 0.1) is 0 Å². The van der Waals surface area contributed by atoms with Crippen LogP contribution in [-0.4, -0.2) is 105 Å². The smallest absolute Gasteiger partial charge is 0.411 e. The first-order valence-electron chi connectivity index (χ1n) is 10.6. The van der Waals surface area contributed by atoms with Crippen molar-refractivity contribution in [2.45, 2.75) is 89.9 Å². The van der Waals surface area contributed by atoms with E-state index in [4.69, 9.17) is 14.6 Å². The van der Waals surface area contributed by atoms with Gasteiger partial charge in [0.25, 0.3) is 0 Å². The molecule has 12 nitrogen and oxygen atoms in total. The summed E-state index contributed by atoms with van der Waals surface area (Å²) in [7, 11) is 1.25. The number of aliphatic hydroxyl groups excluding tert-OH is 2. The Morgan fingerprint density at radius 3 is 1.45 bits per heavy atom. The number of carboxylic acids is 1. The van der Waals surface area contributed by atoms with Gasteiger partial charge in [0.15, 0.2) is 0 Å². The van der Waals surface area contributed by atoms with Gasteiger partial charge in [0.1, 0.15) is 23.3 Å². The molecule has 0 aromatic carbocycles. The van der Waals surface area contributed by atoms with E-state index in [2.05, 4.69) is 4.74 Å². The summed E-state index contributed by atoms with van der Waals surface area (Å²) in [6.45, 7) is 10.4. The number of ether oxygens (including phenoxy) is 3. The first kappa shape index (κ1) is 28.4. The summed E-state index contributed by atoms with van der Waals surface area (Å²) in [6, 6.07) is -1.75. The fraction of sp³-hybridized carbons (Fsp3) is 0.810. The summed E-state index contributed by atoms with van der Waals surface area (Å²) >= 11 is 0. The molecule has 2 aliphatic heterocycles. The van der Waals surface area contributed by atoms with Crippen molar-refractivity contribution in [2.75, 3.05) is 20.2 Å². The van der Waals surface area contributed by atoms with Crippen molar-refractivity contribution in [3.8, 4) is 0 Å². The number of esters is 1. The molecule has 2 fully saturated rings. The molecule has 2 heterocycles. The highest BCUT2D eigenvalue weighted by molar-refractivity contribution is 5.82. The third-order valence-electron chi connectivity index (χ3n) is 4.57. The molecule has 33 heavy (non-hydrogen) atoms. The molecule has 2 rings (SSSR count). The van der Waals surface area contributed by atoms with Gasteiger partial charge in [0.05, 0.1) is 32.4 Å². The molecule has 2 amide bonds. The van der Waals surface area contributed by atoms with E-state index in [1.807, 2.05) is 0 Å². The van der Waals surface area contributed by atoms with Gasteiger partial charge in [-0.1, -0.05) is 0 Å². The highest BCUT2D eigenvalue weighted by Crippen LogP contribution is 2.23. The molecule has 0 aliphatic carbocycles. The van der Waals surface area contributed by atoms with Crippen molar-refractivity contribution >= 4 is 24.1 Å². The molecule has 190 valence electrons. The van der Waals surface area contributed by atoms with Crippen LogP contribution in [-0.2, 0) is 23.8 Å². The van der Waals surface area contributed by atoms with Gasteiger partial charge in [-0.25, -0.2) is 19.2 Å². The zero-order valence-corrected chi connectivity index (χ0v) is 20.2. The number of aliphatic carboxylic acids is 1. The summed E-state index contributed by atoms with van der Waals surface area (Å²) in [6.07, 6.45) is -2.58. The minimum atomic E-state index is -1.12. The fourth-order valence-electron chi connectivity index (χ4n) is 3.27. The van der Waals surface area contributed by atoms with E-state index in [1.54, 1.807) is 41.5 Å². The molecular formula is C21H36N2O10. The van der Waals surface area contributed by atoms with Gasteiger partial charge < -0.3 is 29.5 Å². The SMILES string of the molecule is CC(C)(C)OC(=O)N1C[C@H](O)C[C@H]1C(=O)O.COC(=O)[C@@H]1C[C@@H](O)CN1C(=O)OC(C)(C)C. The number of hydrogen-bond donors (Lipinski definition) is 3. The van der Waals surface area contributed by atoms with E-state index in [9.17, 15) is 29.4 Å². The minimum absolute atomic E-state index is 0.00583. The number of hydrogen-bond acceptors (Lipinski definition) is 9. The van der Waals surface area contributed by atoms with Crippen LogP contribution in [0.15, 0.2) is 0 Å². The summed E-state index contributed by atoms with van der Waals surface area (Å²) in [4.78, 5) is 48.1. The molecule has 0 bridgehead atoms. The molecule has 0 spiro atoms. The van der Waals surface area contributed by atoms with E-state index in [0.29, 0.717) is 0 Å². The van der Waals surface area contributed by atoms with Crippen molar-refractivity contribution in [3.05, 3.63) is 0 Å². The maximum Gasteiger partial charge on any atom is 0.411 e. The second kappa shape index (κ2) is 11.0. The molecule has 2 aliphatic rings. The molecule has 0 unspecified atom stereocenters. The largest absolute Gasteiger partial charge is 0.480 e. The number of carbonyl (C=O) groups is 4. The number of rotatable bonds is 2. The summed E-state index contributed by atoms with van der Waals surface area (Å²) < 4.78 is 14.8. The summed E-state index contributed by atoms with van der Waals surface area (Å²) in [5.41, 5.74) is -1.31. The standard InChI is InChI=1S/C11H19NO5.C10H17NO5/c1-11(2,3)17-10(15)12-6-7(13)5-8(12)9(14)16-4;1-10(2,3)16-9(15)11-5-6(12)4-7(11)8(13)14/h7-8,13H,5-6H2,1-4H3;6-7,12H,4-5H2,1-3H3,(H,13,14)/t7-,8+;6-,7+/m11/s1. The Hall–Kier alpha value is -2.60. The third-order valence-corrected chi connectivity index (χ3v) is 4.57. The van der Waals surface area contributed by atoms with Gasteiger partial charge in [-0.3, -0.25) is 9.80 Å². The van der Waals surface area contributed by atoms with Crippen LogP contribution in [0.4, 0.5) is 9.59 Å². The van der Waals surface area contributed by atoms with Gasteiger partial charge in [-0.2, -0.15) is 0 Å². The Labute approximate surface area is 193 Å². The lowest BCUT2D eigenvalue weighted by atomic mass is 10.2. The van der Waals surface area contributed by atoms with E-state index < -0.39 is 59.6 Å². The zero-order chi connectivity index (χ0) is 25.7. The number of likely N-dealkylation sites (tertiary alicyclic amines) is 2. The zero-order valence-electron chi connectivity index (χ0n) is 20.2. The number of nitrogens with zero attached hydrogens (tertiary/aromatic N) is 2. The van der Waals surface area contributed by atoms with Crippen LogP contribution < -0.4 is 0 Å². The lowest BCUT2D eigenvalue weighted by Gasteiger charge is -2.27. The first-order valence-corrected chi connectivity index (χ1v) is 10.6. The number of amides is 2. The lowest BCUT2D eigenvalue weighted by molar-refractivity contribution is -0.145. The topological polar surface area (TPSA) is 163 Å². The number of β-amino-alcohol motifs (C(OH)–C–C–N with tert-alkyl or cyclic N) is 2. The van der Waals surface area contributed by atoms with E-state index >= 15 is 0 Å². The minimum Gasteiger partial charge on any atom is -0.480 e. The molecule has 0 aromatic rings. The van der Waals surface area contributed by atoms with Gasteiger partial charge in [-0.05, 0) is 41.5 Å². The van der Waals surface area contributed by atoms with Crippen LogP contribution in [0.5, 0.6) is 0 Å². The molecular weight excluding hydrogens is 440 g/mol. The van der Waals surface area contributed by atoms with E-state index in [0.717, 1.165) is 4.90 Å². The van der Waals surface area contributed by atoms with Crippen LogP contribution in [0.2, 0.25) is 0 Å². The number of carboxylic acid groups (broad SMARTS) is 1. The van der Waals surface area contributed by atoms with Gasteiger partial charge in [-0.15, -0.1) is 0 Å². The predicted molar refractivity (Wildman–Crippen MR) is 114 cm³/mol. The Balaban J connectivity index is 0.000000331. The Kier molecular flexibility index (Phi) is 9.49. The predicted octanol–water partition coefficient (Wildman–Crippen LogP) is 0.971. The lowest BCUT2D eigenvalue weighted by Crippen LogP contribution is -2.43. The van der Waals surface area contributed by atoms with Gasteiger partial charge in [0, 0.05) is 12.8 Å². The van der Waals surface area contributed by atoms with Crippen LogP contribution in [0.3, 0.4) is 0 Å². The quantitative estimate of drug-likeness (QED) is 0.386. The Bertz CT molecular complexity index is 728. The first-order chi connectivity index (χ1) is 14.9. The monoisotopic (exact) mass is 476 g/mol. The van der Waals surface area contributed by atoms with Crippen molar-refractivity contribution in [1.29, 1.82) is 0 Å². The van der Waals surface area contributed by atoms with E-state index in [1.165, 1.54) is 12.0 Å². The Morgan fingerprint density at radius 1 is 0.758 bits per heavy atom. The van der Waals surface area contributed by atoms with Crippen molar-refractivity contribution in [2.24, 2.45) is 0 Å². The van der Waals surface area contributed by atoms with Crippen molar-refractivity contribution in [3.63, 3.8) is 0 Å². The number of aliphatic hydroxyl groups is 2. The van der Waals surface area contributed by atoms with Crippen LogP contribution in [0.25, 0.3) is 0 Å². The van der Waals surface area contributed by atoms with Gasteiger partial charge >= 0.3 is 24.1 Å². The second-order valence-corrected chi connectivity index (χ2v) is 9.94. The maximum atomic E-state index is 11.8. The molecule has 0 radical (unpaired) electrons. The summed E-state index contributed by atoms with van der Waals surface area (Å²) in [5, 5.41) is 27.7. The van der Waals surface area contributed by atoms with Crippen LogP contribution >= 0.6 is 0 Å². The molecule has 0 saturated carbocycles. The highest BCUT2D eigenvalue weighted by Gasteiger charge is 2.42. The average molecular weight is 477 g/mol. The summed E-state index contributed by atoms with van der Waals surface area (Å²) in [5.74, 6) is -1.66. The van der Waals surface area contributed by atoms with Crippen molar-refractivity contribution < 1.29 is 48.7 Å². The van der Waals surface area contributed by atoms with Crippen LogP contribution in [0.1, 0.15) is 54.4 Å². The molecule has 3 N–H and O–H groups in total.